The molecule has 0 saturated heterocycles. The van der Waals surface area contributed by atoms with Gasteiger partial charge >= 0.3 is 128 Å². The van der Waals surface area contributed by atoms with Crippen LogP contribution in [0.15, 0.2) is 0 Å². The molecule has 0 fully saturated rings. The predicted octanol–water partition coefficient (Wildman–Crippen LogP) is -5.86. The summed E-state index contributed by atoms with van der Waals surface area (Å²) in [5.41, 5.74) is 0. The molecule has 0 unspecified atom stereocenters. The van der Waals surface area contributed by atoms with E-state index in [0.29, 0.717) is 0 Å². The van der Waals surface area contributed by atoms with Crippen LogP contribution in [0.1, 0.15) is 0 Å². The van der Waals surface area contributed by atoms with Gasteiger partial charge in [0, 0.05) is 0 Å². The first kappa shape index (κ1) is 24.9. The zero-order chi connectivity index (χ0) is 15.4. The van der Waals surface area contributed by atoms with E-state index in [9.17, 15) is 47.1 Å². The Hall–Kier alpha value is 0.952. The van der Waals surface area contributed by atoms with Crippen molar-refractivity contribution in [3.8, 4) is 0 Å². The molecule has 0 bridgehead atoms. The van der Waals surface area contributed by atoms with Gasteiger partial charge in [-0.1, -0.05) is 0 Å². The molecule has 0 aromatic carbocycles. The van der Waals surface area contributed by atoms with E-state index in [4.69, 9.17) is 0 Å². The van der Waals surface area contributed by atoms with E-state index in [0.717, 1.165) is 0 Å². The van der Waals surface area contributed by atoms with Crippen LogP contribution in [0.25, 0.3) is 0 Å². The van der Waals surface area contributed by atoms with Gasteiger partial charge in [-0.05, 0) is 0 Å². The molecule has 0 N–H and O–H groups in total. The van der Waals surface area contributed by atoms with Crippen LogP contribution in [-0.4, -0.2) is 0 Å². The average Bonchev–Trinajstić information content (AvgIpc) is 1.64. The summed E-state index contributed by atoms with van der Waals surface area (Å²) < 4.78 is 118. The maximum absolute atomic E-state index is 9.38. The standard InChI is InChI=1S/4Cr.14O.Re/q;;;;;;;;;;;;;;4*-1;+4. The van der Waals surface area contributed by atoms with Gasteiger partial charge in [0.15, 0.2) is 0 Å². The fourth-order valence-corrected chi connectivity index (χ4v) is 3.47. The van der Waals surface area contributed by atoms with E-state index < -0.39 is 54.5 Å². The van der Waals surface area contributed by atoms with Gasteiger partial charge in [0.25, 0.3) is 0 Å². The summed E-state index contributed by atoms with van der Waals surface area (Å²) in [6.07, 6.45) is 0. The van der Waals surface area contributed by atoms with Gasteiger partial charge in [-0.3, -0.25) is 0 Å². The summed E-state index contributed by atoms with van der Waals surface area (Å²) in [6.45, 7) is 0. The second kappa shape index (κ2) is 8.41. The zero-order valence-electron chi connectivity index (χ0n) is 7.73. The third-order valence-corrected chi connectivity index (χ3v) is 5.67. The molecule has 1 radical (unpaired) electrons. The number of rotatable bonds is 4. The van der Waals surface area contributed by atoms with Crippen molar-refractivity contribution >= 4 is 0 Å². The third-order valence-electron chi connectivity index (χ3n) is 0.333. The van der Waals surface area contributed by atoms with Crippen LogP contribution in [0.2, 0.25) is 0 Å². The van der Waals surface area contributed by atoms with Crippen LogP contribution in [-0.2, 0) is 111 Å². The third kappa shape index (κ3) is 32.5. The molecule has 19 heteroatoms. The first-order chi connectivity index (χ1) is 7.41. The minimum Gasteiger partial charge on any atom is 4.00 e. The van der Waals surface area contributed by atoms with Gasteiger partial charge in [-0.2, -0.15) is 0 Å². The second-order valence-electron chi connectivity index (χ2n) is 1.77. The molecule has 0 aromatic rings. The summed E-state index contributed by atoms with van der Waals surface area (Å²) in [4.78, 5) is 0. The molecule has 0 aliphatic rings. The van der Waals surface area contributed by atoms with E-state index in [2.05, 4.69) is 5.68 Å². The summed E-state index contributed by atoms with van der Waals surface area (Å²) in [6, 6.07) is 0. The van der Waals surface area contributed by atoms with Crippen molar-refractivity contribution in [1.29, 1.82) is 0 Å². The van der Waals surface area contributed by atoms with Gasteiger partial charge in [0.2, 0.25) is 0 Å². The van der Waals surface area contributed by atoms with Gasteiger partial charge in [0.05, 0.1) is 0 Å². The van der Waals surface area contributed by atoms with Gasteiger partial charge < -0.3 is 0 Å². The van der Waals surface area contributed by atoms with Crippen LogP contribution >= 0.6 is 0 Å². The Morgan fingerprint density at radius 3 is 0.579 bits per heavy atom. The fourth-order valence-electron chi connectivity index (χ4n) is 0.204. The maximum Gasteiger partial charge on any atom is 4.00 e. The second-order valence-corrected chi connectivity index (χ2v) is 9.05. The molecule has 0 rings (SSSR count). The predicted molar refractivity (Wildman–Crippen MR) is 7.66 cm³/mol. The molecule has 0 saturated carbocycles. The summed E-state index contributed by atoms with van der Waals surface area (Å²) in [5.74, 6) is 0. The zero-order valence-corrected chi connectivity index (χ0v) is 15.5. The Labute approximate surface area is 126 Å². The molecule has 115 valence electrons. The van der Waals surface area contributed by atoms with Crippen LogP contribution in [0, 0.1) is 0 Å². The van der Waals surface area contributed by atoms with E-state index in [1.807, 2.05) is 0 Å². The van der Waals surface area contributed by atoms with Crippen molar-refractivity contribution in [3.63, 3.8) is 0 Å². The van der Waals surface area contributed by atoms with Crippen molar-refractivity contribution in [3.05, 3.63) is 0 Å². The van der Waals surface area contributed by atoms with Crippen molar-refractivity contribution in [2.75, 3.05) is 0 Å². The van der Waals surface area contributed by atoms with Crippen LogP contribution in [0.3, 0.4) is 0 Å². The van der Waals surface area contributed by atoms with Gasteiger partial charge in [0.1, 0.15) is 0 Å². The molecule has 0 atom stereocenters. The molecule has 0 aliphatic heterocycles. The average molecular weight is 618 g/mol. The van der Waals surface area contributed by atoms with E-state index in [-0.39, 0.29) is 20.4 Å². The Morgan fingerprint density at radius 2 is 0.579 bits per heavy atom. The number of hydrogen-bond donors (Lipinski definition) is 0. The van der Waals surface area contributed by atoms with E-state index in [1.165, 1.54) is 0 Å². The molecule has 0 spiro atoms. The normalized spacial score (nSPS) is 12.8. The van der Waals surface area contributed by atoms with Crippen molar-refractivity contribution in [2.24, 2.45) is 0 Å². The van der Waals surface area contributed by atoms with Crippen molar-refractivity contribution in [1.82, 2.24) is 0 Å². The Bertz CT molecular complexity index is 532. The summed E-state index contributed by atoms with van der Waals surface area (Å²) in [7, 11) is 0. The summed E-state index contributed by atoms with van der Waals surface area (Å²) >= 11 is -24.3. The minimum absolute atomic E-state index is 0. The fraction of sp³-hybridized carbons (Fsp3) is 0. The smallest absolute Gasteiger partial charge is 4.00 e. The SMILES string of the molecule is [O]=[Cr](=[O])([O-])[O][Cr](=[O])(=[O])[O-].[O]=[Cr](=[O])([O-])[O][Cr](=[O])(=[O])[O-].[Re+4]. The molecular weight excluding hydrogens is 618 g/mol. The van der Waals surface area contributed by atoms with E-state index >= 15 is 0 Å². The van der Waals surface area contributed by atoms with Crippen LogP contribution < -0.4 is 16.6 Å². The van der Waals surface area contributed by atoms with E-state index in [1.54, 1.807) is 0 Å². The summed E-state index contributed by atoms with van der Waals surface area (Å²) in [5, 5.41) is 0. The monoisotopic (exact) mass is 619 g/mol. The molecule has 0 amide bonds. The largest absolute Gasteiger partial charge is 4.00 e. The topological polar surface area (TPSA) is 247 Å². The van der Waals surface area contributed by atoms with Gasteiger partial charge in [-0.15, -0.1) is 0 Å². The van der Waals surface area contributed by atoms with Crippen molar-refractivity contribution in [2.45, 2.75) is 0 Å². The molecular formula is Cr4O14Re. The molecule has 0 heterocycles. The van der Waals surface area contributed by atoms with Gasteiger partial charge in [-0.25, -0.2) is 0 Å². The molecule has 19 heavy (non-hydrogen) atoms. The maximum atomic E-state index is 9.38. The van der Waals surface area contributed by atoms with Crippen molar-refractivity contribution < 1.29 is 128 Å². The Balaban J connectivity index is -0.000000256. The molecule has 0 aromatic heterocycles. The minimum atomic E-state index is -6.07. The Kier molecular flexibility index (Phi) is 11.0. The number of hydrogen-bond acceptors (Lipinski definition) is 14. The Morgan fingerprint density at radius 1 is 0.474 bits per heavy atom. The molecule has 14 nitrogen and oxygen atoms in total. The van der Waals surface area contributed by atoms with Crippen LogP contribution in [0.4, 0.5) is 0 Å². The quantitative estimate of drug-likeness (QED) is 0.285. The first-order valence-electron chi connectivity index (χ1n) is 2.67. The first-order valence-corrected chi connectivity index (χ1v) is 11.0. The van der Waals surface area contributed by atoms with Crippen LogP contribution in [0.5, 0.6) is 0 Å². The molecule has 0 aliphatic carbocycles.